The maximum atomic E-state index is 11.6. The van der Waals surface area contributed by atoms with E-state index in [1.165, 1.54) is 0 Å². The zero-order valence-electron chi connectivity index (χ0n) is 10.6. The number of nitrogens with two attached hydrogens (primary N) is 1. The quantitative estimate of drug-likeness (QED) is 0.625. The summed E-state index contributed by atoms with van der Waals surface area (Å²) in [4.78, 5) is 2.19. The Kier molecular flexibility index (Phi) is 8.89. The van der Waals surface area contributed by atoms with E-state index in [2.05, 4.69) is 11.8 Å². The van der Waals surface area contributed by atoms with Crippen LogP contribution in [0.2, 0.25) is 0 Å². The molecule has 2 N–H and O–H groups in total. The third-order valence-corrected chi connectivity index (χ3v) is 4.29. The van der Waals surface area contributed by atoms with Gasteiger partial charge in [-0.25, -0.2) is 8.42 Å². The van der Waals surface area contributed by atoms with E-state index in [-0.39, 0.29) is 5.75 Å². The molecule has 0 aromatic carbocycles. The van der Waals surface area contributed by atoms with Gasteiger partial charge in [0.05, 0.1) is 5.75 Å². The van der Waals surface area contributed by atoms with Crippen molar-refractivity contribution in [2.75, 3.05) is 37.7 Å². The Hall–Kier alpha value is -0.130. The lowest BCUT2D eigenvalue weighted by atomic mass is 10.3. The highest BCUT2D eigenvalue weighted by Gasteiger charge is 2.12. The van der Waals surface area contributed by atoms with Crippen LogP contribution in [0.25, 0.3) is 0 Å². The van der Waals surface area contributed by atoms with Gasteiger partial charge in [0.1, 0.15) is 0 Å². The molecule has 0 rings (SSSR count). The monoisotopic (exact) mass is 250 g/mol. The third-order valence-electron chi connectivity index (χ3n) is 2.45. The molecule has 0 aliphatic carbocycles. The molecule has 0 fully saturated rings. The highest BCUT2D eigenvalue weighted by molar-refractivity contribution is 7.91. The summed E-state index contributed by atoms with van der Waals surface area (Å²) in [6, 6.07) is 0. The summed E-state index contributed by atoms with van der Waals surface area (Å²) in [7, 11) is -2.84. The topological polar surface area (TPSA) is 63.4 Å². The molecule has 0 atom stereocenters. The van der Waals surface area contributed by atoms with Crippen LogP contribution in [0.1, 0.15) is 33.1 Å². The van der Waals surface area contributed by atoms with Gasteiger partial charge in [-0.05, 0) is 38.9 Å². The maximum Gasteiger partial charge on any atom is 0.151 e. The van der Waals surface area contributed by atoms with Crippen molar-refractivity contribution in [1.29, 1.82) is 0 Å². The van der Waals surface area contributed by atoms with Crippen LogP contribution in [0.4, 0.5) is 0 Å². The smallest absolute Gasteiger partial charge is 0.151 e. The van der Waals surface area contributed by atoms with E-state index in [0.29, 0.717) is 25.3 Å². The summed E-state index contributed by atoms with van der Waals surface area (Å²) < 4.78 is 23.1. The van der Waals surface area contributed by atoms with Crippen LogP contribution in [0.3, 0.4) is 0 Å². The Morgan fingerprint density at radius 3 is 2.19 bits per heavy atom. The zero-order valence-corrected chi connectivity index (χ0v) is 11.4. The van der Waals surface area contributed by atoms with E-state index in [4.69, 9.17) is 5.73 Å². The fourth-order valence-corrected chi connectivity index (χ4v) is 3.01. The molecule has 98 valence electrons. The third kappa shape index (κ3) is 8.07. The van der Waals surface area contributed by atoms with E-state index in [9.17, 15) is 8.42 Å². The molecular weight excluding hydrogens is 224 g/mol. The van der Waals surface area contributed by atoms with Crippen LogP contribution in [0.5, 0.6) is 0 Å². The molecule has 0 unspecified atom stereocenters. The van der Waals surface area contributed by atoms with Crippen molar-refractivity contribution in [3.8, 4) is 0 Å². The number of nitrogens with zero attached hydrogens (tertiary/aromatic N) is 1. The molecule has 16 heavy (non-hydrogen) atoms. The van der Waals surface area contributed by atoms with Crippen molar-refractivity contribution in [3.63, 3.8) is 0 Å². The minimum Gasteiger partial charge on any atom is -0.330 e. The normalized spacial score (nSPS) is 12.2. The summed E-state index contributed by atoms with van der Waals surface area (Å²) in [5, 5.41) is 0. The lowest BCUT2D eigenvalue weighted by Crippen LogP contribution is -2.32. The molecule has 0 spiro atoms. The van der Waals surface area contributed by atoms with Crippen molar-refractivity contribution in [2.24, 2.45) is 5.73 Å². The van der Waals surface area contributed by atoms with Crippen molar-refractivity contribution in [3.05, 3.63) is 0 Å². The van der Waals surface area contributed by atoms with Gasteiger partial charge in [-0.1, -0.05) is 13.8 Å². The van der Waals surface area contributed by atoms with Crippen LogP contribution in [0.15, 0.2) is 0 Å². The minimum absolute atomic E-state index is 0.283. The first-order valence-corrected chi connectivity index (χ1v) is 8.00. The van der Waals surface area contributed by atoms with Gasteiger partial charge in [0, 0.05) is 12.3 Å². The molecule has 0 aliphatic heterocycles. The molecule has 5 heteroatoms. The van der Waals surface area contributed by atoms with E-state index in [1.54, 1.807) is 0 Å². The van der Waals surface area contributed by atoms with Crippen molar-refractivity contribution >= 4 is 9.84 Å². The number of hydrogen-bond donors (Lipinski definition) is 1. The summed E-state index contributed by atoms with van der Waals surface area (Å²) >= 11 is 0. The van der Waals surface area contributed by atoms with Gasteiger partial charge in [-0.3, -0.25) is 0 Å². The molecule has 0 radical (unpaired) electrons. The lowest BCUT2D eigenvalue weighted by molar-refractivity contribution is 0.287. The fraction of sp³-hybridized carbons (Fsp3) is 1.00. The van der Waals surface area contributed by atoms with Crippen molar-refractivity contribution in [1.82, 2.24) is 4.90 Å². The molecular formula is C11H26N2O2S. The Labute approximate surface area is 100 Å². The first kappa shape index (κ1) is 15.9. The van der Waals surface area contributed by atoms with Gasteiger partial charge in [0.25, 0.3) is 0 Å². The molecule has 0 aliphatic rings. The van der Waals surface area contributed by atoms with Crippen LogP contribution in [0, 0.1) is 0 Å². The molecule has 0 saturated heterocycles. The Morgan fingerprint density at radius 1 is 1.00 bits per heavy atom. The van der Waals surface area contributed by atoms with Gasteiger partial charge in [-0.2, -0.15) is 0 Å². The van der Waals surface area contributed by atoms with Crippen LogP contribution >= 0.6 is 0 Å². The predicted molar refractivity (Wildman–Crippen MR) is 69.3 cm³/mol. The van der Waals surface area contributed by atoms with E-state index < -0.39 is 9.84 Å². The Morgan fingerprint density at radius 2 is 1.69 bits per heavy atom. The summed E-state index contributed by atoms with van der Waals surface area (Å²) in [6.45, 7) is 7.19. The molecule has 0 heterocycles. The molecule has 4 nitrogen and oxygen atoms in total. The summed E-state index contributed by atoms with van der Waals surface area (Å²) in [6.07, 6.45) is 2.70. The first-order valence-electron chi connectivity index (χ1n) is 6.18. The largest absolute Gasteiger partial charge is 0.330 e. The van der Waals surface area contributed by atoms with Crippen LogP contribution in [-0.4, -0.2) is 51.0 Å². The maximum absolute atomic E-state index is 11.6. The second kappa shape index (κ2) is 8.96. The highest BCUT2D eigenvalue weighted by atomic mass is 32.2. The van der Waals surface area contributed by atoms with E-state index in [0.717, 1.165) is 25.9 Å². The summed E-state index contributed by atoms with van der Waals surface area (Å²) in [5.74, 6) is 0.593. The van der Waals surface area contributed by atoms with Crippen LogP contribution in [-0.2, 0) is 9.84 Å². The molecule has 0 saturated carbocycles. The van der Waals surface area contributed by atoms with Gasteiger partial charge in [0.15, 0.2) is 9.84 Å². The Bertz CT molecular complexity index is 253. The molecule has 0 aromatic rings. The van der Waals surface area contributed by atoms with E-state index in [1.807, 2.05) is 6.92 Å². The molecule has 0 aromatic heterocycles. The average Bonchev–Trinajstić information content (AvgIpc) is 2.22. The minimum atomic E-state index is -2.84. The highest BCUT2D eigenvalue weighted by Crippen LogP contribution is 1.99. The van der Waals surface area contributed by atoms with Gasteiger partial charge in [0.2, 0.25) is 0 Å². The lowest BCUT2D eigenvalue weighted by Gasteiger charge is -2.21. The van der Waals surface area contributed by atoms with Crippen LogP contribution < -0.4 is 5.73 Å². The molecule has 0 bridgehead atoms. The second-order valence-corrected chi connectivity index (χ2v) is 6.44. The SMILES string of the molecule is CCCN(CCCN)CCS(=O)(=O)CCC. The standard InChI is InChI=1S/C11H26N2O2S/c1-3-7-13(8-5-6-12)9-11-16(14,15)10-4-2/h3-12H2,1-2H3. The van der Waals surface area contributed by atoms with Gasteiger partial charge in [-0.15, -0.1) is 0 Å². The number of sulfone groups is 1. The fourth-order valence-electron chi connectivity index (χ4n) is 1.65. The van der Waals surface area contributed by atoms with Gasteiger partial charge >= 0.3 is 0 Å². The summed E-state index contributed by atoms with van der Waals surface area (Å²) in [5.41, 5.74) is 5.46. The van der Waals surface area contributed by atoms with Gasteiger partial charge < -0.3 is 10.6 Å². The number of rotatable bonds is 10. The predicted octanol–water partition coefficient (Wildman–Crippen LogP) is 0.872. The Balaban J connectivity index is 3.99. The zero-order chi connectivity index (χ0) is 12.4. The van der Waals surface area contributed by atoms with E-state index >= 15 is 0 Å². The first-order chi connectivity index (χ1) is 7.55. The van der Waals surface area contributed by atoms with Crippen molar-refractivity contribution in [2.45, 2.75) is 33.1 Å². The number of hydrogen-bond acceptors (Lipinski definition) is 4. The average molecular weight is 250 g/mol. The second-order valence-electron chi connectivity index (χ2n) is 4.14. The van der Waals surface area contributed by atoms with Crippen molar-refractivity contribution < 1.29 is 8.42 Å². The molecule has 0 amide bonds.